The number of carbonyl (C=O) groups is 1. The molecule has 4 rings (SSSR count). The van der Waals surface area contributed by atoms with E-state index in [2.05, 4.69) is 23.5 Å². The number of furan rings is 1. The van der Waals surface area contributed by atoms with Gasteiger partial charge in [-0.15, -0.1) is 0 Å². The summed E-state index contributed by atoms with van der Waals surface area (Å²) in [5, 5.41) is 4.15. The Hall–Kier alpha value is -2.75. The third-order valence-electron chi connectivity index (χ3n) is 4.92. The van der Waals surface area contributed by atoms with Crippen LogP contribution in [-0.4, -0.2) is 13.0 Å². The summed E-state index contributed by atoms with van der Waals surface area (Å²) in [4.78, 5) is 12.6. The van der Waals surface area contributed by atoms with Crippen molar-refractivity contribution in [1.29, 1.82) is 0 Å². The lowest BCUT2D eigenvalue weighted by atomic mass is 9.87. The molecule has 0 unspecified atom stereocenters. The Morgan fingerprint density at radius 1 is 1.28 bits per heavy atom. The van der Waals surface area contributed by atoms with E-state index in [-0.39, 0.29) is 11.9 Å². The quantitative estimate of drug-likeness (QED) is 0.778. The van der Waals surface area contributed by atoms with Gasteiger partial charge in [0, 0.05) is 17.0 Å². The topological polar surface area (TPSA) is 51.5 Å². The first kappa shape index (κ1) is 15.8. The molecule has 4 nitrogen and oxygen atoms in total. The highest BCUT2D eigenvalue weighted by molar-refractivity contribution is 5.88. The van der Waals surface area contributed by atoms with Crippen LogP contribution in [-0.2, 0) is 17.6 Å². The number of ether oxygens (including phenoxy) is 1. The molecule has 1 N–H and O–H groups in total. The predicted octanol–water partition coefficient (Wildman–Crippen LogP) is 4.18. The Bertz CT molecular complexity index is 912. The number of methoxy groups -OCH3 is 1. The first-order chi connectivity index (χ1) is 12.2. The largest absolute Gasteiger partial charge is 0.497 e. The highest BCUT2D eigenvalue weighted by atomic mass is 16.5. The lowest BCUT2D eigenvalue weighted by molar-refractivity contribution is -0.121. The normalized spacial score (nSPS) is 16.4. The van der Waals surface area contributed by atoms with Gasteiger partial charge in [-0.2, -0.15) is 0 Å². The first-order valence-corrected chi connectivity index (χ1v) is 8.66. The zero-order chi connectivity index (χ0) is 17.2. The molecule has 0 bridgehead atoms. The van der Waals surface area contributed by atoms with Crippen LogP contribution in [0.4, 0.5) is 0 Å². The summed E-state index contributed by atoms with van der Waals surface area (Å²) in [5.41, 5.74) is 4.24. The van der Waals surface area contributed by atoms with Gasteiger partial charge in [0.05, 0.1) is 25.8 Å². The van der Waals surface area contributed by atoms with Crippen LogP contribution in [0.2, 0.25) is 0 Å². The van der Waals surface area contributed by atoms with Crippen LogP contribution in [0.15, 0.2) is 53.1 Å². The van der Waals surface area contributed by atoms with Crippen LogP contribution in [0.3, 0.4) is 0 Å². The Balaban J connectivity index is 1.50. The van der Waals surface area contributed by atoms with Crippen molar-refractivity contribution in [3.8, 4) is 5.75 Å². The SMILES string of the molecule is COc1ccc2c(CC(=O)N[C@@H]3CCCc4ccccc43)coc2c1. The van der Waals surface area contributed by atoms with Crippen LogP contribution >= 0.6 is 0 Å². The number of fused-ring (bicyclic) bond motifs is 2. The molecule has 1 amide bonds. The molecular weight excluding hydrogens is 314 g/mol. The smallest absolute Gasteiger partial charge is 0.225 e. The molecule has 1 aromatic heterocycles. The van der Waals surface area contributed by atoms with Crippen molar-refractivity contribution in [1.82, 2.24) is 5.32 Å². The van der Waals surface area contributed by atoms with E-state index < -0.39 is 0 Å². The van der Waals surface area contributed by atoms with E-state index in [1.165, 1.54) is 11.1 Å². The Morgan fingerprint density at radius 2 is 2.16 bits per heavy atom. The van der Waals surface area contributed by atoms with E-state index in [4.69, 9.17) is 9.15 Å². The number of hydrogen-bond acceptors (Lipinski definition) is 3. The van der Waals surface area contributed by atoms with Gasteiger partial charge in [-0.25, -0.2) is 0 Å². The number of rotatable bonds is 4. The fourth-order valence-electron chi connectivity index (χ4n) is 3.65. The van der Waals surface area contributed by atoms with Crippen molar-refractivity contribution >= 4 is 16.9 Å². The molecule has 0 radical (unpaired) electrons. The number of nitrogens with one attached hydrogen (secondary N) is 1. The zero-order valence-electron chi connectivity index (χ0n) is 14.2. The van der Waals surface area contributed by atoms with Gasteiger partial charge in [-0.3, -0.25) is 4.79 Å². The molecule has 1 atom stereocenters. The molecule has 1 aliphatic carbocycles. The molecule has 1 heterocycles. The maximum atomic E-state index is 12.6. The highest BCUT2D eigenvalue weighted by Crippen LogP contribution is 2.30. The lowest BCUT2D eigenvalue weighted by Crippen LogP contribution is -2.32. The molecule has 1 aliphatic rings. The van der Waals surface area contributed by atoms with Crippen molar-refractivity contribution in [3.05, 3.63) is 65.4 Å². The van der Waals surface area contributed by atoms with E-state index in [1.807, 2.05) is 24.3 Å². The molecule has 3 aromatic rings. The van der Waals surface area contributed by atoms with Gasteiger partial charge in [0.2, 0.25) is 5.91 Å². The standard InChI is InChI=1S/C21H21NO3/c1-24-16-9-10-18-15(13-25-20(18)12-16)11-21(23)22-19-8-4-6-14-5-2-3-7-17(14)19/h2-3,5,7,9-10,12-13,19H,4,6,8,11H2,1H3,(H,22,23)/t19-/m1/s1. The average molecular weight is 335 g/mol. The fourth-order valence-corrected chi connectivity index (χ4v) is 3.65. The molecule has 25 heavy (non-hydrogen) atoms. The summed E-state index contributed by atoms with van der Waals surface area (Å²) in [6.45, 7) is 0. The summed E-state index contributed by atoms with van der Waals surface area (Å²) < 4.78 is 10.8. The molecule has 0 fully saturated rings. The third-order valence-corrected chi connectivity index (χ3v) is 4.92. The minimum atomic E-state index is 0.0280. The summed E-state index contributed by atoms with van der Waals surface area (Å²) in [6, 6.07) is 14.2. The van der Waals surface area contributed by atoms with Gasteiger partial charge in [0.1, 0.15) is 11.3 Å². The lowest BCUT2D eigenvalue weighted by Gasteiger charge is -2.26. The Kier molecular flexibility index (Phi) is 4.18. The van der Waals surface area contributed by atoms with Crippen LogP contribution in [0.1, 0.15) is 35.6 Å². The third kappa shape index (κ3) is 3.12. The molecule has 128 valence electrons. The van der Waals surface area contributed by atoms with E-state index in [1.54, 1.807) is 13.4 Å². The van der Waals surface area contributed by atoms with Crippen LogP contribution in [0.25, 0.3) is 11.0 Å². The van der Waals surface area contributed by atoms with Gasteiger partial charge in [0.25, 0.3) is 0 Å². The van der Waals surface area contributed by atoms with Gasteiger partial charge in [-0.1, -0.05) is 24.3 Å². The zero-order valence-corrected chi connectivity index (χ0v) is 14.2. The maximum Gasteiger partial charge on any atom is 0.225 e. The van der Waals surface area contributed by atoms with Crippen molar-refractivity contribution < 1.29 is 13.9 Å². The minimum absolute atomic E-state index is 0.0280. The molecule has 2 aromatic carbocycles. The number of aryl methyl sites for hydroxylation is 1. The number of carbonyl (C=O) groups excluding carboxylic acids is 1. The number of amides is 1. The first-order valence-electron chi connectivity index (χ1n) is 8.66. The summed E-state index contributed by atoms with van der Waals surface area (Å²) in [6.07, 6.45) is 5.18. The van der Waals surface area contributed by atoms with Crippen molar-refractivity contribution in [2.24, 2.45) is 0 Å². The second-order valence-electron chi connectivity index (χ2n) is 6.51. The molecule has 0 saturated carbocycles. The number of hydrogen-bond donors (Lipinski definition) is 1. The predicted molar refractivity (Wildman–Crippen MR) is 96.7 cm³/mol. The highest BCUT2D eigenvalue weighted by Gasteiger charge is 2.22. The Labute approximate surface area is 146 Å². The minimum Gasteiger partial charge on any atom is -0.497 e. The van der Waals surface area contributed by atoms with Gasteiger partial charge < -0.3 is 14.5 Å². The van der Waals surface area contributed by atoms with Gasteiger partial charge in [-0.05, 0) is 42.5 Å². The van der Waals surface area contributed by atoms with E-state index in [9.17, 15) is 4.79 Å². The van der Waals surface area contributed by atoms with Crippen molar-refractivity contribution in [3.63, 3.8) is 0 Å². The van der Waals surface area contributed by atoms with Crippen molar-refractivity contribution in [2.45, 2.75) is 31.7 Å². The summed E-state index contributed by atoms with van der Waals surface area (Å²) in [7, 11) is 1.63. The van der Waals surface area contributed by atoms with Gasteiger partial charge >= 0.3 is 0 Å². The monoisotopic (exact) mass is 335 g/mol. The number of benzene rings is 2. The maximum absolute atomic E-state index is 12.6. The van der Waals surface area contributed by atoms with Gasteiger partial charge in [0.15, 0.2) is 0 Å². The molecule has 0 aliphatic heterocycles. The summed E-state index contributed by atoms with van der Waals surface area (Å²) >= 11 is 0. The molecule has 0 spiro atoms. The van der Waals surface area contributed by atoms with Crippen molar-refractivity contribution in [2.75, 3.05) is 7.11 Å². The van der Waals surface area contributed by atoms with Crippen LogP contribution in [0, 0.1) is 0 Å². The van der Waals surface area contributed by atoms with Crippen LogP contribution < -0.4 is 10.1 Å². The Morgan fingerprint density at radius 3 is 3.04 bits per heavy atom. The average Bonchev–Trinajstić information content (AvgIpc) is 3.04. The second-order valence-corrected chi connectivity index (χ2v) is 6.51. The molecular formula is C21H21NO3. The summed E-state index contributed by atoms with van der Waals surface area (Å²) in [5.74, 6) is 0.775. The van der Waals surface area contributed by atoms with E-state index in [0.717, 1.165) is 41.5 Å². The molecule has 4 heteroatoms. The van der Waals surface area contributed by atoms with Crippen LogP contribution in [0.5, 0.6) is 5.75 Å². The molecule has 0 saturated heterocycles. The van der Waals surface area contributed by atoms with E-state index in [0.29, 0.717) is 6.42 Å². The fraction of sp³-hybridized carbons (Fsp3) is 0.286. The van der Waals surface area contributed by atoms with E-state index >= 15 is 0 Å². The second kappa shape index (κ2) is 6.63.